The fourth-order valence-electron chi connectivity index (χ4n) is 3.61. The number of morpholine rings is 1. The molecule has 2 N–H and O–H groups in total. The number of carbonyl (C=O) groups is 1. The van der Waals surface area contributed by atoms with E-state index < -0.39 is 10.0 Å². The third kappa shape index (κ3) is 5.07. The minimum Gasteiger partial charge on any atom is -0.379 e. The Kier molecular flexibility index (Phi) is 6.86. The van der Waals surface area contributed by atoms with Crippen LogP contribution in [-0.4, -0.2) is 64.6 Å². The van der Waals surface area contributed by atoms with E-state index in [2.05, 4.69) is 10.6 Å². The molecule has 8 heteroatoms. The van der Waals surface area contributed by atoms with E-state index in [-0.39, 0.29) is 10.8 Å². The van der Waals surface area contributed by atoms with Crippen LogP contribution in [0.4, 0.5) is 0 Å². The SMILES string of the molecule is Cc1ccc(C(=O)NCCC2CCCNC2)cc1S(=O)(=O)N1CCOCC1. The van der Waals surface area contributed by atoms with E-state index in [1.54, 1.807) is 19.1 Å². The fourth-order valence-corrected chi connectivity index (χ4v) is 5.27. The average Bonchev–Trinajstić information content (AvgIpc) is 2.69. The summed E-state index contributed by atoms with van der Waals surface area (Å²) >= 11 is 0. The van der Waals surface area contributed by atoms with Crippen LogP contribution in [0.5, 0.6) is 0 Å². The fraction of sp³-hybridized carbons (Fsp3) is 0.632. The maximum atomic E-state index is 12.9. The van der Waals surface area contributed by atoms with Crippen molar-refractivity contribution in [1.29, 1.82) is 0 Å². The van der Waals surface area contributed by atoms with Gasteiger partial charge in [0.15, 0.2) is 0 Å². The molecule has 0 radical (unpaired) electrons. The average molecular weight is 396 g/mol. The second kappa shape index (κ2) is 9.14. The molecule has 27 heavy (non-hydrogen) atoms. The summed E-state index contributed by atoms with van der Waals surface area (Å²) in [4.78, 5) is 12.7. The molecule has 0 aromatic heterocycles. The van der Waals surface area contributed by atoms with E-state index >= 15 is 0 Å². The van der Waals surface area contributed by atoms with Gasteiger partial charge in [-0.05, 0) is 62.9 Å². The van der Waals surface area contributed by atoms with Crippen LogP contribution in [0.2, 0.25) is 0 Å². The molecule has 2 fully saturated rings. The molecule has 3 rings (SSSR count). The van der Waals surface area contributed by atoms with Crippen molar-refractivity contribution in [1.82, 2.24) is 14.9 Å². The first-order chi connectivity index (χ1) is 13.0. The zero-order valence-corrected chi connectivity index (χ0v) is 16.7. The number of sulfonamides is 1. The first-order valence-corrected chi connectivity index (χ1v) is 11.1. The first kappa shape index (κ1) is 20.3. The maximum absolute atomic E-state index is 12.9. The van der Waals surface area contributed by atoms with Crippen LogP contribution in [-0.2, 0) is 14.8 Å². The zero-order chi connectivity index (χ0) is 19.3. The third-order valence-electron chi connectivity index (χ3n) is 5.28. The van der Waals surface area contributed by atoms with Gasteiger partial charge in [0.1, 0.15) is 0 Å². The van der Waals surface area contributed by atoms with Gasteiger partial charge in [-0.25, -0.2) is 8.42 Å². The van der Waals surface area contributed by atoms with Crippen molar-refractivity contribution in [3.8, 4) is 0 Å². The number of nitrogens with one attached hydrogen (secondary N) is 2. The van der Waals surface area contributed by atoms with Crippen molar-refractivity contribution in [2.45, 2.75) is 31.1 Å². The van der Waals surface area contributed by atoms with Gasteiger partial charge >= 0.3 is 0 Å². The number of nitrogens with zero attached hydrogens (tertiary/aromatic N) is 1. The molecule has 1 unspecified atom stereocenters. The molecule has 7 nitrogen and oxygen atoms in total. The summed E-state index contributed by atoms with van der Waals surface area (Å²) in [6.07, 6.45) is 3.30. The van der Waals surface area contributed by atoms with E-state index in [0.717, 1.165) is 19.5 Å². The molecule has 2 heterocycles. The van der Waals surface area contributed by atoms with Gasteiger partial charge in [0.2, 0.25) is 10.0 Å². The van der Waals surface area contributed by atoms with Crippen LogP contribution in [0.3, 0.4) is 0 Å². The van der Waals surface area contributed by atoms with Crippen LogP contribution in [0.15, 0.2) is 23.1 Å². The number of carbonyl (C=O) groups excluding carboxylic acids is 1. The lowest BCUT2D eigenvalue weighted by atomic mass is 9.96. The van der Waals surface area contributed by atoms with Crippen molar-refractivity contribution >= 4 is 15.9 Å². The van der Waals surface area contributed by atoms with E-state index in [1.165, 1.54) is 23.2 Å². The molecule has 1 atom stereocenters. The van der Waals surface area contributed by atoms with Gasteiger partial charge < -0.3 is 15.4 Å². The molecule has 2 saturated heterocycles. The summed E-state index contributed by atoms with van der Waals surface area (Å²) < 4.78 is 32.5. The molecule has 1 aromatic rings. The van der Waals surface area contributed by atoms with Crippen molar-refractivity contribution in [2.24, 2.45) is 5.92 Å². The molecule has 1 amide bonds. The lowest BCUT2D eigenvalue weighted by Crippen LogP contribution is -2.41. The van der Waals surface area contributed by atoms with Crippen molar-refractivity contribution < 1.29 is 17.9 Å². The van der Waals surface area contributed by atoms with Gasteiger partial charge in [0.05, 0.1) is 18.1 Å². The summed E-state index contributed by atoms with van der Waals surface area (Å²) in [6, 6.07) is 4.89. The Morgan fingerprint density at radius 3 is 2.81 bits per heavy atom. The molecule has 2 aliphatic heterocycles. The summed E-state index contributed by atoms with van der Waals surface area (Å²) in [7, 11) is -3.62. The molecule has 150 valence electrons. The molecular weight excluding hydrogens is 366 g/mol. The third-order valence-corrected chi connectivity index (χ3v) is 7.32. The Morgan fingerprint density at radius 2 is 2.11 bits per heavy atom. The molecule has 0 bridgehead atoms. The number of piperidine rings is 1. The zero-order valence-electron chi connectivity index (χ0n) is 15.9. The molecular formula is C19H29N3O4S. The highest BCUT2D eigenvalue weighted by Gasteiger charge is 2.28. The quantitative estimate of drug-likeness (QED) is 0.754. The summed E-state index contributed by atoms with van der Waals surface area (Å²) in [6.45, 7) is 5.91. The normalized spacial score (nSPS) is 21.7. The minimum atomic E-state index is -3.62. The highest BCUT2D eigenvalue weighted by atomic mass is 32.2. The molecule has 0 spiro atoms. The number of aryl methyl sites for hydroxylation is 1. The van der Waals surface area contributed by atoms with Crippen LogP contribution >= 0.6 is 0 Å². The van der Waals surface area contributed by atoms with Gasteiger partial charge in [-0.1, -0.05) is 6.07 Å². The predicted octanol–water partition coefficient (Wildman–Crippen LogP) is 1.14. The van der Waals surface area contributed by atoms with Crippen molar-refractivity contribution in [3.63, 3.8) is 0 Å². The van der Waals surface area contributed by atoms with Gasteiger partial charge in [-0.2, -0.15) is 4.31 Å². The molecule has 2 aliphatic rings. The van der Waals surface area contributed by atoms with E-state index in [4.69, 9.17) is 4.74 Å². The molecule has 0 saturated carbocycles. The topological polar surface area (TPSA) is 87.7 Å². The number of ether oxygens (including phenoxy) is 1. The van der Waals surface area contributed by atoms with Crippen LogP contribution < -0.4 is 10.6 Å². The standard InChI is InChI=1S/C19H29N3O4S/c1-15-4-5-17(19(23)21-8-6-16-3-2-7-20-14-16)13-18(15)27(24,25)22-9-11-26-12-10-22/h4-5,13,16,20H,2-3,6-12,14H2,1H3,(H,21,23). The minimum absolute atomic E-state index is 0.202. The van der Waals surface area contributed by atoms with Gasteiger partial charge in [0, 0.05) is 25.2 Å². The van der Waals surface area contributed by atoms with Crippen LogP contribution in [0, 0.1) is 12.8 Å². The Balaban J connectivity index is 1.65. The highest BCUT2D eigenvalue weighted by molar-refractivity contribution is 7.89. The van der Waals surface area contributed by atoms with Crippen LogP contribution in [0.1, 0.15) is 35.2 Å². The van der Waals surface area contributed by atoms with Gasteiger partial charge in [-0.3, -0.25) is 4.79 Å². The van der Waals surface area contributed by atoms with E-state index in [0.29, 0.717) is 49.9 Å². The van der Waals surface area contributed by atoms with E-state index in [9.17, 15) is 13.2 Å². The Labute approximate surface area is 161 Å². The number of hydrogen-bond donors (Lipinski definition) is 2. The predicted molar refractivity (Wildman–Crippen MR) is 103 cm³/mol. The van der Waals surface area contributed by atoms with Crippen molar-refractivity contribution in [3.05, 3.63) is 29.3 Å². The Bertz CT molecular complexity index is 754. The second-order valence-corrected chi connectivity index (χ2v) is 9.16. The number of amides is 1. The summed E-state index contributed by atoms with van der Waals surface area (Å²) in [5.74, 6) is 0.367. The number of hydrogen-bond acceptors (Lipinski definition) is 5. The van der Waals surface area contributed by atoms with Crippen molar-refractivity contribution in [2.75, 3.05) is 45.9 Å². The van der Waals surface area contributed by atoms with Crippen LogP contribution in [0.25, 0.3) is 0 Å². The molecule has 0 aliphatic carbocycles. The highest BCUT2D eigenvalue weighted by Crippen LogP contribution is 2.22. The Morgan fingerprint density at radius 1 is 1.33 bits per heavy atom. The first-order valence-electron chi connectivity index (χ1n) is 9.66. The smallest absolute Gasteiger partial charge is 0.251 e. The monoisotopic (exact) mass is 395 g/mol. The Hall–Kier alpha value is -1.48. The largest absolute Gasteiger partial charge is 0.379 e. The lowest BCUT2D eigenvalue weighted by molar-refractivity contribution is 0.0730. The van der Waals surface area contributed by atoms with Gasteiger partial charge in [-0.15, -0.1) is 0 Å². The molecule has 1 aromatic carbocycles. The second-order valence-electron chi connectivity index (χ2n) is 7.25. The lowest BCUT2D eigenvalue weighted by Gasteiger charge is -2.26. The maximum Gasteiger partial charge on any atom is 0.251 e. The van der Waals surface area contributed by atoms with Gasteiger partial charge in [0.25, 0.3) is 5.91 Å². The number of rotatable bonds is 6. The number of benzene rings is 1. The van der Waals surface area contributed by atoms with E-state index in [1.807, 2.05) is 0 Å². The summed E-state index contributed by atoms with van der Waals surface area (Å²) in [5, 5.41) is 6.30. The summed E-state index contributed by atoms with van der Waals surface area (Å²) in [5.41, 5.74) is 1.03.